The largest absolute Gasteiger partial charge is 0.416 e. The molecule has 1 aromatic heterocycles. The van der Waals surface area contributed by atoms with Crippen LogP contribution in [0.4, 0.5) is 30.5 Å². The Morgan fingerprint density at radius 2 is 1.89 bits per heavy atom. The van der Waals surface area contributed by atoms with Crippen molar-refractivity contribution >= 4 is 17.3 Å². The Balaban J connectivity index is 2.22. The van der Waals surface area contributed by atoms with Gasteiger partial charge in [-0.2, -0.15) is 13.2 Å². The monoisotopic (exact) mass is 254 g/mol. The van der Waals surface area contributed by atoms with Gasteiger partial charge in [-0.3, -0.25) is 0 Å². The summed E-state index contributed by atoms with van der Waals surface area (Å²) in [5, 5.41) is 2.71. The van der Waals surface area contributed by atoms with Gasteiger partial charge >= 0.3 is 6.18 Å². The molecule has 0 amide bonds. The van der Waals surface area contributed by atoms with Crippen LogP contribution in [-0.2, 0) is 6.18 Å². The minimum atomic E-state index is -4.37. The number of hydrogen-bond acceptors (Lipinski definition) is 4. The molecule has 94 valence electrons. The normalized spacial score (nSPS) is 11.3. The molecule has 0 aliphatic rings. The first kappa shape index (κ1) is 12.2. The highest BCUT2D eigenvalue weighted by Crippen LogP contribution is 2.31. The first-order chi connectivity index (χ1) is 8.45. The number of nitrogens with one attached hydrogen (secondary N) is 1. The lowest BCUT2D eigenvalue weighted by Crippen LogP contribution is -2.05. The van der Waals surface area contributed by atoms with Gasteiger partial charge in [-0.25, -0.2) is 9.97 Å². The number of alkyl halides is 3. The third-order valence-corrected chi connectivity index (χ3v) is 2.13. The summed E-state index contributed by atoms with van der Waals surface area (Å²) in [6.45, 7) is 0. The Hall–Kier alpha value is -2.31. The molecule has 4 nitrogen and oxygen atoms in total. The molecule has 0 fully saturated rings. The van der Waals surface area contributed by atoms with Crippen molar-refractivity contribution in [1.29, 1.82) is 0 Å². The second-order valence-corrected chi connectivity index (χ2v) is 3.53. The van der Waals surface area contributed by atoms with Crippen LogP contribution in [-0.4, -0.2) is 9.97 Å². The van der Waals surface area contributed by atoms with E-state index in [4.69, 9.17) is 5.73 Å². The summed E-state index contributed by atoms with van der Waals surface area (Å²) < 4.78 is 37.5. The van der Waals surface area contributed by atoms with Gasteiger partial charge in [0.2, 0.25) is 0 Å². The van der Waals surface area contributed by atoms with E-state index in [2.05, 4.69) is 15.3 Å². The van der Waals surface area contributed by atoms with Crippen molar-refractivity contribution in [2.24, 2.45) is 0 Å². The molecule has 0 saturated heterocycles. The lowest BCUT2D eigenvalue weighted by atomic mass is 10.2. The van der Waals surface area contributed by atoms with Crippen LogP contribution in [0.2, 0.25) is 0 Å². The fourth-order valence-corrected chi connectivity index (χ4v) is 1.32. The number of nitrogen functional groups attached to an aromatic ring is 1. The Morgan fingerprint density at radius 3 is 2.50 bits per heavy atom. The van der Waals surface area contributed by atoms with Gasteiger partial charge in [0.25, 0.3) is 0 Å². The third-order valence-electron chi connectivity index (χ3n) is 2.13. The van der Waals surface area contributed by atoms with Crippen molar-refractivity contribution in [1.82, 2.24) is 9.97 Å². The van der Waals surface area contributed by atoms with Gasteiger partial charge in [-0.1, -0.05) is 6.07 Å². The molecule has 2 rings (SSSR count). The van der Waals surface area contributed by atoms with E-state index in [9.17, 15) is 13.2 Å². The summed E-state index contributed by atoms with van der Waals surface area (Å²) in [4.78, 5) is 7.66. The van der Waals surface area contributed by atoms with Gasteiger partial charge in [0.05, 0.1) is 18.0 Å². The fraction of sp³-hybridized carbons (Fsp3) is 0.0909. The molecule has 0 unspecified atom stereocenters. The Kier molecular flexibility index (Phi) is 3.05. The number of hydrogen-bond donors (Lipinski definition) is 2. The number of aromatic nitrogens is 2. The molecular weight excluding hydrogens is 245 g/mol. The molecule has 2 aromatic rings. The molecule has 3 N–H and O–H groups in total. The maximum absolute atomic E-state index is 12.5. The van der Waals surface area contributed by atoms with E-state index in [1.165, 1.54) is 24.5 Å². The zero-order chi connectivity index (χ0) is 13.2. The van der Waals surface area contributed by atoms with Crippen molar-refractivity contribution in [3.63, 3.8) is 0 Å². The van der Waals surface area contributed by atoms with Crippen molar-refractivity contribution in [2.75, 3.05) is 11.1 Å². The predicted octanol–water partition coefficient (Wildman–Crippen LogP) is 2.82. The van der Waals surface area contributed by atoms with E-state index in [1.807, 2.05) is 0 Å². The van der Waals surface area contributed by atoms with Crippen LogP contribution in [0.1, 0.15) is 5.56 Å². The minimum absolute atomic E-state index is 0.240. The van der Waals surface area contributed by atoms with Gasteiger partial charge in [0.15, 0.2) is 0 Å². The van der Waals surface area contributed by atoms with Crippen LogP contribution in [0.5, 0.6) is 0 Å². The summed E-state index contributed by atoms with van der Waals surface area (Å²) in [6.07, 6.45) is -1.71. The first-order valence-electron chi connectivity index (χ1n) is 4.97. The Morgan fingerprint density at radius 1 is 1.11 bits per heavy atom. The molecule has 1 heterocycles. The van der Waals surface area contributed by atoms with Crippen LogP contribution >= 0.6 is 0 Å². The van der Waals surface area contributed by atoms with Crippen molar-refractivity contribution < 1.29 is 13.2 Å². The molecule has 7 heteroatoms. The second-order valence-electron chi connectivity index (χ2n) is 3.53. The number of halogens is 3. The zero-order valence-corrected chi connectivity index (χ0v) is 9.07. The summed E-state index contributed by atoms with van der Waals surface area (Å²) in [5.41, 5.74) is 4.91. The van der Waals surface area contributed by atoms with Gasteiger partial charge in [0, 0.05) is 5.69 Å². The summed E-state index contributed by atoms with van der Waals surface area (Å²) in [5.74, 6) is 0.563. The second kappa shape index (κ2) is 4.52. The van der Waals surface area contributed by atoms with E-state index in [-0.39, 0.29) is 11.5 Å². The minimum Gasteiger partial charge on any atom is -0.382 e. The van der Waals surface area contributed by atoms with Gasteiger partial charge in [-0.05, 0) is 18.2 Å². The molecule has 0 aliphatic carbocycles. The van der Waals surface area contributed by atoms with Crippen molar-refractivity contribution in [3.8, 4) is 0 Å². The molecule has 0 bridgehead atoms. The first-order valence-corrected chi connectivity index (χ1v) is 4.97. The quantitative estimate of drug-likeness (QED) is 0.864. The summed E-state index contributed by atoms with van der Waals surface area (Å²) in [7, 11) is 0. The number of nitrogens with two attached hydrogens (primary N) is 1. The van der Waals surface area contributed by atoms with E-state index in [1.54, 1.807) is 0 Å². The maximum Gasteiger partial charge on any atom is 0.416 e. The van der Waals surface area contributed by atoms with Crippen molar-refractivity contribution in [2.45, 2.75) is 6.18 Å². The topological polar surface area (TPSA) is 63.8 Å². The fourth-order valence-electron chi connectivity index (χ4n) is 1.32. The van der Waals surface area contributed by atoms with E-state index in [0.29, 0.717) is 5.82 Å². The summed E-state index contributed by atoms with van der Waals surface area (Å²) >= 11 is 0. The van der Waals surface area contributed by atoms with Gasteiger partial charge < -0.3 is 11.1 Å². The Bertz CT molecular complexity index is 537. The molecule has 0 saturated carbocycles. The lowest BCUT2D eigenvalue weighted by molar-refractivity contribution is -0.137. The van der Waals surface area contributed by atoms with Gasteiger partial charge in [0.1, 0.15) is 11.6 Å². The predicted molar refractivity (Wildman–Crippen MR) is 61.2 cm³/mol. The molecule has 0 aliphatic heterocycles. The number of rotatable bonds is 2. The van der Waals surface area contributed by atoms with E-state index < -0.39 is 11.7 Å². The van der Waals surface area contributed by atoms with Crippen LogP contribution in [0.3, 0.4) is 0 Å². The molecule has 0 atom stereocenters. The average Bonchev–Trinajstić information content (AvgIpc) is 2.31. The molecular formula is C11H9F3N4. The SMILES string of the molecule is Nc1cnc(Nc2cccc(C(F)(F)F)c2)cn1. The van der Waals surface area contributed by atoms with Gasteiger partial charge in [-0.15, -0.1) is 0 Å². The molecule has 18 heavy (non-hydrogen) atoms. The third kappa shape index (κ3) is 2.88. The average molecular weight is 254 g/mol. The Labute approximate surface area is 101 Å². The highest BCUT2D eigenvalue weighted by Gasteiger charge is 2.30. The zero-order valence-electron chi connectivity index (χ0n) is 9.07. The highest BCUT2D eigenvalue weighted by atomic mass is 19.4. The van der Waals surface area contributed by atoms with Crippen LogP contribution in [0.25, 0.3) is 0 Å². The van der Waals surface area contributed by atoms with E-state index >= 15 is 0 Å². The number of anilines is 3. The number of benzene rings is 1. The molecule has 0 radical (unpaired) electrons. The van der Waals surface area contributed by atoms with E-state index in [0.717, 1.165) is 12.1 Å². The van der Waals surface area contributed by atoms with Crippen LogP contribution in [0.15, 0.2) is 36.7 Å². The van der Waals surface area contributed by atoms with Crippen LogP contribution < -0.4 is 11.1 Å². The van der Waals surface area contributed by atoms with Crippen molar-refractivity contribution in [3.05, 3.63) is 42.2 Å². The molecule has 0 spiro atoms. The standard InChI is InChI=1S/C11H9F3N4/c12-11(13,14)7-2-1-3-8(4-7)18-10-6-16-9(15)5-17-10/h1-6H,(H2,15,16)(H,17,18). The summed E-state index contributed by atoms with van der Waals surface area (Å²) in [6, 6.07) is 4.82. The highest BCUT2D eigenvalue weighted by molar-refractivity contribution is 5.56. The number of nitrogens with zero attached hydrogens (tertiary/aromatic N) is 2. The smallest absolute Gasteiger partial charge is 0.382 e. The van der Waals surface area contributed by atoms with Crippen LogP contribution in [0, 0.1) is 0 Å². The molecule has 1 aromatic carbocycles. The lowest BCUT2D eigenvalue weighted by Gasteiger charge is -2.09. The maximum atomic E-state index is 12.5.